The van der Waals surface area contributed by atoms with Crippen molar-refractivity contribution in [3.05, 3.63) is 0 Å². The zero-order valence-electron chi connectivity index (χ0n) is 5.92. The van der Waals surface area contributed by atoms with Gasteiger partial charge in [0.25, 0.3) is 0 Å². The molecular weight excluding hydrogens is 110 g/mol. The molecule has 0 aliphatic heterocycles. The van der Waals surface area contributed by atoms with Crippen LogP contribution < -0.4 is 5.73 Å². The molecule has 0 aromatic rings. The third-order valence-corrected chi connectivity index (χ3v) is 0. The summed E-state index contributed by atoms with van der Waals surface area (Å²) in [5.74, 6) is 0. The standard InChI is InChI=1S/CH5N.3CH4O/c4*1-2/h2H2,1H3;3*2H,1H3. The molecule has 56 valence electrons. The highest BCUT2D eigenvalue weighted by Gasteiger charge is 0.844. The summed E-state index contributed by atoms with van der Waals surface area (Å²) in [6.45, 7) is 0. The van der Waals surface area contributed by atoms with Gasteiger partial charge in [0.1, 0.15) is 0 Å². The molecule has 8 heavy (non-hydrogen) atoms. The SMILES string of the molecule is CN.CO.CO.CO. The summed E-state index contributed by atoms with van der Waals surface area (Å²) >= 11 is 0. The second-order valence-electron chi connectivity index (χ2n) is 0. The third-order valence-electron chi connectivity index (χ3n) is 0. The molecule has 0 bridgehead atoms. The van der Waals surface area contributed by atoms with E-state index in [1.165, 1.54) is 7.05 Å². The maximum absolute atomic E-state index is 7.00. The monoisotopic (exact) mass is 127 g/mol. The Hall–Kier alpha value is -0.160. The lowest BCUT2D eigenvalue weighted by atomic mass is 11.6. The van der Waals surface area contributed by atoms with E-state index < -0.39 is 0 Å². The van der Waals surface area contributed by atoms with E-state index in [1.807, 2.05) is 0 Å². The van der Waals surface area contributed by atoms with E-state index in [0.717, 1.165) is 21.3 Å². The van der Waals surface area contributed by atoms with E-state index in [1.54, 1.807) is 0 Å². The van der Waals surface area contributed by atoms with Gasteiger partial charge in [0.2, 0.25) is 0 Å². The van der Waals surface area contributed by atoms with Gasteiger partial charge < -0.3 is 21.1 Å². The van der Waals surface area contributed by atoms with Crippen LogP contribution in [-0.2, 0) is 0 Å². The molecular formula is C4H17NO3. The molecule has 0 atom stereocenters. The minimum atomic E-state index is 1.00. The van der Waals surface area contributed by atoms with Gasteiger partial charge in [0.05, 0.1) is 0 Å². The number of aliphatic hydroxyl groups excluding tert-OH is 3. The Labute approximate surface area is 50.6 Å². The summed E-state index contributed by atoms with van der Waals surface area (Å²) in [6, 6.07) is 0. The number of hydrogen-bond donors (Lipinski definition) is 4. The van der Waals surface area contributed by atoms with Gasteiger partial charge in [-0.2, -0.15) is 0 Å². The van der Waals surface area contributed by atoms with Gasteiger partial charge in [0, 0.05) is 21.3 Å². The molecule has 0 aliphatic carbocycles. The number of rotatable bonds is 0. The first-order chi connectivity index (χ1) is 4.00. The molecule has 0 radical (unpaired) electrons. The van der Waals surface area contributed by atoms with Crippen LogP contribution in [0.3, 0.4) is 0 Å². The van der Waals surface area contributed by atoms with Crippen molar-refractivity contribution in [2.75, 3.05) is 28.4 Å². The lowest BCUT2D eigenvalue weighted by molar-refractivity contribution is 0.399. The van der Waals surface area contributed by atoms with E-state index in [0.29, 0.717) is 0 Å². The normalized spacial score (nSPS) is 3.00. The maximum Gasteiger partial charge on any atom is 0.0319 e. The minimum Gasteiger partial charge on any atom is -0.400 e. The van der Waals surface area contributed by atoms with Crippen molar-refractivity contribution in [1.82, 2.24) is 0 Å². The van der Waals surface area contributed by atoms with Gasteiger partial charge in [-0.05, 0) is 7.05 Å². The number of hydrogen-bond acceptors (Lipinski definition) is 4. The lowest BCUT2D eigenvalue weighted by Crippen LogP contribution is -1.69. The highest BCUT2D eigenvalue weighted by Crippen LogP contribution is 0.759. The fourth-order valence-corrected chi connectivity index (χ4v) is 0. The van der Waals surface area contributed by atoms with Crippen LogP contribution in [0.2, 0.25) is 0 Å². The van der Waals surface area contributed by atoms with Gasteiger partial charge in [-0.15, -0.1) is 0 Å². The van der Waals surface area contributed by atoms with Crippen molar-refractivity contribution < 1.29 is 15.3 Å². The predicted molar refractivity (Wildman–Crippen MR) is 34.5 cm³/mol. The van der Waals surface area contributed by atoms with E-state index in [2.05, 4.69) is 5.73 Å². The van der Waals surface area contributed by atoms with Crippen LogP contribution in [0.1, 0.15) is 0 Å². The largest absolute Gasteiger partial charge is 0.400 e. The Morgan fingerprint density at radius 3 is 0.625 bits per heavy atom. The Morgan fingerprint density at radius 2 is 0.625 bits per heavy atom. The summed E-state index contributed by atoms with van der Waals surface area (Å²) in [6.07, 6.45) is 0. The molecule has 0 fully saturated rings. The molecule has 0 heterocycles. The van der Waals surface area contributed by atoms with Crippen molar-refractivity contribution in [3.8, 4) is 0 Å². The molecule has 0 aromatic heterocycles. The molecule has 0 saturated heterocycles. The zero-order chi connectivity index (χ0) is 8.00. The molecule has 4 heteroatoms. The maximum atomic E-state index is 7.00. The van der Waals surface area contributed by atoms with Gasteiger partial charge in [-0.3, -0.25) is 0 Å². The highest BCUT2D eigenvalue weighted by atomic mass is 16.2. The molecule has 0 aliphatic rings. The van der Waals surface area contributed by atoms with Crippen molar-refractivity contribution in [2.45, 2.75) is 0 Å². The van der Waals surface area contributed by atoms with Crippen molar-refractivity contribution in [1.29, 1.82) is 0 Å². The van der Waals surface area contributed by atoms with E-state index in [9.17, 15) is 0 Å². The summed E-state index contributed by atoms with van der Waals surface area (Å²) < 4.78 is 0. The molecule has 0 rings (SSSR count). The smallest absolute Gasteiger partial charge is 0.0319 e. The van der Waals surface area contributed by atoms with Gasteiger partial charge in [-0.25, -0.2) is 0 Å². The molecule has 0 aromatic carbocycles. The molecule has 0 saturated carbocycles. The fourth-order valence-electron chi connectivity index (χ4n) is 0. The Bertz CT molecular complexity index is 11.2. The Morgan fingerprint density at radius 1 is 0.625 bits per heavy atom. The second-order valence-corrected chi connectivity index (χ2v) is 0. The van der Waals surface area contributed by atoms with Crippen LogP contribution in [0, 0.1) is 0 Å². The summed E-state index contributed by atoms with van der Waals surface area (Å²) in [5.41, 5.74) is 4.50. The molecule has 0 spiro atoms. The topological polar surface area (TPSA) is 86.7 Å². The van der Waals surface area contributed by atoms with Crippen LogP contribution >= 0.6 is 0 Å². The van der Waals surface area contributed by atoms with E-state index in [4.69, 9.17) is 15.3 Å². The summed E-state index contributed by atoms with van der Waals surface area (Å²) in [4.78, 5) is 0. The fraction of sp³-hybridized carbons (Fsp3) is 1.00. The first kappa shape index (κ1) is 24.9. The Kier molecular flexibility index (Phi) is 28300. The average molecular weight is 127 g/mol. The van der Waals surface area contributed by atoms with Crippen LogP contribution in [0.5, 0.6) is 0 Å². The van der Waals surface area contributed by atoms with Crippen LogP contribution in [0.4, 0.5) is 0 Å². The van der Waals surface area contributed by atoms with E-state index >= 15 is 0 Å². The van der Waals surface area contributed by atoms with Gasteiger partial charge in [-0.1, -0.05) is 0 Å². The minimum absolute atomic E-state index is 1.00. The van der Waals surface area contributed by atoms with Gasteiger partial charge in [0.15, 0.2) is 0 Å². The highest BCUT2D eigenvalue weighted by molar-refractivity contribution is 3.54. The third kappa shape index (κ3) is 5340. The van der Waals surface area contributed by atoms with Crippen LogP contribution in [0.25, 0.3) is 0 Å². The quantitative estimate of drug-likeness (QED) is 0.315. The van der Waals surface area contributed by atoms with Crippen molar-refractivity contribution in [3.63, 3.8) is 0 Å². The first-order valence-electron chi connectivity index (χ1n) is 1.92. The predicted octanol–water partition coefficient (Wildman–Crippen LogP) is -1.60. The van der Waals surface area contributed by atoms with Crippen molar-refractivity contribution in [2.24, 2.45) is 5.73 Å². The van der Waals surface area contributed by atoms with Crippen LogP contribution in [-0.4, -0.2) is 43.7 Å². The second kappa shape index (κ2) is 9110. The molecule has 5 N–H and O–H groups in total. The van der Waals surface area contributed by atoms with Crippen molar-refractivity contribution >= 4 is 0 Å². The van der Waals surface area contributed by atoms with Gasteiger partial charge >= 0.3 is 0 Å². The summed E-state index contributed by atoms with van der Waals surface area (Å²) in [7, 11) is 4.50. The number of aliphatic hydroxyl groups is 3. The van der Waals surface area contributed by atoms with E-state index in [-0.39, 0.29) is 0 Å². The van der Waals surface area contributed by atoms with Crippen LogP contribution in [0.15, 0.2) is 0 Å². The zero-order valence-corrected chi connectivity index (χ0v) is 5.92. The number of nitrogens with two attached hydrogens (primary N) is 1. The molecule has 0 unspecified atom stereocenters. The Balaban J connectivity index is -0.0000000133. The molecule has 4 nitrogen and oxygen atoms in total. The lowest BCUT2D eigenvalue weighted by Gasteiger charge is -1.21. The summed E-state index contributed by atoms with van der Waals surface area (Å²) in [5, 5.41) is 21.0. The average Bonchev–Trinajstić information content (AvgIpc) is 2.03. The first-order valence-corrected chi connectivity index (χ1v) is 1.92. The molecule has 0 amide bonds.